The van der Waals surface area contributed by atoms with Gasteiger partial charge in [-0.3, -0.25) is 14.5 Å². The Hall–Kier alpha value is -1.38. The lowest BCUT2D eigenvalue weighted by Gasteiger charge is -2.35. The van der Waals surface area contributed by atoms with Gasteiger partial charge >= 0.3 is 0 Å². The number of ether oxygens (including phenoxy) is 1. The Kier molecular flexibility index (Phi) is 12.2. The molecule has 1 fully saturated rings. The number of rotatable bonds is 7. The molecule has 3 N–H and O–H groups in total. The van der Waals surface area contributed by atoms with Crippen LogP contribution in [0, 0.1) is 0 Å². The molecule has 1 heterocycles. The number of amides is 2. The second-order valence-corrected chi connectivity index (χ2v) is 5.93. The normalized spacial score (nSPS) is 15.4. The van der Waals surface area contributed by atoms with Gasteiger partial charge in [-0.1, -0.05) is 30.3 Å². The summed E-state index contributed by atoms with van der Waals surface area (Å²) in [5, 5.41) is 2.92. The van der Waals surface area contributed by atoms with Crippen LogP contribution in [0.3, 0.4) is 0 Å². The topological polar surface area (TPSA) is 87.9 Å². The number of hydrogen-bond donors (Lipinski definition) is 2. The number of methoxy groups -OCH3 is 1. The minimum Gasteiger partial charge on any atom is -0.383 e. The smallest absolute Gasteiger partial charge is 0.241 e. The largest absolute Gasteiger partial charge is 0.383 e. The Labute approximate surface area is 167 Å². The van der Waals surface area contributed by atoms with E-state index < -0.39 is 6.04 Å². The van der Waals surface area contributed by atoms with Crippen LogP contribution in [-0.4, -0.2) is 74.1 Å². The van der Waals surface area contributed by atoms with Gasteiger partial charge in [0.2, 0.25) is 11.8 Å². The van der Waals surface area contributed by atoms with Gasteiger partial charge in [-0.25, -0.2) is 0 Å². The molecule has 0 radical (unpaired) electrons. The third-order valence-electron chi connectivity index (χ3n) is 4.05. The quantitative estimate of drug-likeness (QED) is 0.678. The molecule has 1 atom stereocenters. The molecule has 0 aromatic heterocycles. The number of nitrogens with one attached hydrogen (secondary N) is 1. The number of piperazine rings is 1. The van der Waals surface area contributed by atoms with Crippen molar-refractivity contribution in [2.24, 2.45) is 5.73 Å². The summed E-state index contributed by atoms with van der Waals surface area (Å²) >= 11 is 0. The van der Waals surface area contributed by atoms with Crippen LogP contribution in [0.1, 0.15) is 5.56 Å². The first-order valence-electron chi connectivity index (χ1n) is 8.16. The van der Waals surface area contributed by atoms with Crippen LogP contribution in [0.25, 0.3) is 0 Å². The van der Waals surface area contributed by atoms with Crippen molar-refractivity contribution in [2.75, 3.05) is 46.4 Å². The van der Waals surface area contributed by atoms with Crippen molar-refractivity contribution >= 4 is 36.6 Å². The van der Waals surface area contributed by atoms with Crippen LogP contribution in [0.15, 0.2) is 30.3 Å². The zero-order chi connectivity index (χ0) is 17.4. The molecule has 2 amide bonds. The van der Waals surface area contributed by atoms with Crippen LogP contribution in [0.4, 0.5) is 0 Å². The molecule has 9 heteroatoms. The Balaban J connectivity index is 0.00000312. The van der Waals surface area contributed by atoms with E-state index in [1.165, 1.54) is 7.11 Å². The van der Waals surface area contributed by atoms with E-state index in [1.54, 1.807) is 4.90 Å². The molecule has 7 nitrogen and oxygen atoms in total. The van der Waals surface area contributed by atoms with E-state index in [2.05, 4.69) is 5.32 Å². The zero-order valence-corrected chi connectivity index (χ0v) is 16.6. The molecule has 1 saturated heterocycles. The molecule has 26 heavy (non-hydrogen) atoms. The average molecular weight is 407 g/mol. The first-order chi connectivity index (χ1) is 11.6. The fourth-order valence-corrected chi connectivity index (χ4v) is 2.67. The van der Waals surface area contributed by atoms with Gasteiger partial charge in [0.05, 0.1) is 13.2 Å². The van der Waals surface area contributed by atoms with Gasteiger partial charge in [0.25, 0.3) is 0 Å². The first-order valence-corrected chi connectivity index (χ1v) is 8.16. The number of nitrogens with zero attached hydrogens (tertiary/aromatic N) is 2. The van der Waals surface area contributed by atoms with E-state index in [4.69, 9.17) is 10.5 Å². The Morgan fingerprint density at radius 2 is 1.77 bits per heavy atom. The zero-order valence-electron chi connectivity index (χ0n) is 14.9. The van der Waals surface area contributed by atoms with Crippen LogP contribution in [0.2, 0.25) is 0 Å². The lowest BCUT2D eigenvalue weighted by molar-refractivity contribution is -0.135. The maximum Gasteiger partial charge on any atom is 0.241 e. The minimum atomic E-state index is -0.615. The maximum absolute atomic E-state index is 12.1. The summed E-state index contributed by atoms with van der Waals surface area (Å²) in [5.41, 5.74) is 6.85. The molecule has 0 saturated carbocycles. The van der Waals surface area contributed by atoms with Gasteiger partial charge in [-0.15, -0.1) is 24.8 Å². The molecule has 0 aliphatic carbocycles. The summed E-state index contributed by atoms with van der Waals surface area (Å²) in [5.74, 6) is -0.0975. The fourth-order valence-electron chi connectivity index (χ4n) is 2.67. The van der Waals surface area contributed by atoms with E-state index in [0.29, 0.717) is 39.3 Å². The van der Waals surface area contributed by atoms with Crippen molar-refractivity contribution in [1.29, 1.82) is 0 Å². The minimum absolute atomic E-state index is 0. The third kappa shape index (κ3) is 7.88. The molecule has 1 aromatic rings. The molecule has 1 aromatic carbocycles. The van der Waals surface area contributed by atoms with Crippen LogP contribution >= 0.6 is 24.8 Å². The molecule has 2 rings (SSSR count). The second kappa shape index (κ2) is 12.9. The van der Waals surface area contributed by atoms with Gasteiger partial charge in [0.15, 0.2) is 0 Å². The summed E-state index contributed by atoms with van der Waals surface area (Å²) in [6.07, 6.45) is 0. The van der Waals surface area contributed by atoms with Gasteiger partial charge < -0.3 is 20.7 Å². The van der Waals surface area contributed by atoms with E-state index in [-0.39, 0.29) is 43.2 Å². The molecule has 1 unspecified atom stereocenters. The number of halogens is 2. The van der Waals surface area contributed by atoms with Crippen LogP contribution in [0.5, 0.6) is 0 Å². The molecule has 0 bridgehead atoms. The summed E-state index contributed by atoms with van der Waals surface area (Å²) in [7, 11) is 1.53. The number of hydrogen-bond acceptors (Lipinski definition) is 5. The van der Waals surface area contributed by atoms with Crippen molar-refractivity contribution in [2.45, 2.75) is 12.6 Å². The highest BCUT2D eigenvalue weighted by molar-refractivity contribution is 5.85. The SMILES string of the molecule is COCC(N)C(=O)N1CCN(CC(=O)NCc2ccccc2)CC1.Cl.Cl. The standard InChI is InChI=1S/C17H26N4O3.2ClH/c1-24-13-15(18)17(23)21-9-7-20(8-10-21)12-16(22)19-11-14-5-3-2-4-6-14;;/h2-6,15H,7-13,18H2,1H3,(H,19,22);2*1H. The maximum atomic E-state index is 12.1. The molecule has 1 aliphatic rings. The van der Waals surface area contributed by atoms with Crippen molar-refractivity contribution in [3.8, 4) is 0 Å². The van der Waals surface area contributed by atoms with Crippen molar-refractivity contribution in [3.63, 3.8) is 0 Å². The van der Waals surface area contributed by atoms with Crippen LogP contribution in [-0.2, 0) is 20.9 Å². The number of nitrogens with two attached hydrogens (primary N) is 1. The number of carbonyl (C=O) groups is 2. The van der Waals surface area contributed by atoms with Gasteiger partial charge in [-0.05, 0) is 5.56 Å². The Morgan fingerprint density at radius 3 is 2.35 bits per heavy atom. The van der Waals surface area contributed by atoms with Crippen LogP contribution < -0.4 is 11.1 Å². The second-order valence-electron chi connectivity index (χ2n) is 5.93. The molecule has 0 spiro atoms. The fraction of sp³-hybridized carbons (Fsp3) is 0.529. The Bertz CT molecular complexity index is 540. The molecule has 1 aliphatic heterocycles. The lowest BCUT2D eigenvalue weighted by Crippen LogP contribution is -2.55. The first kappa shape index (κ1) is 24.6. The number of benzene rings is 1. The van der Waals surface area contributed by atoms with E-state index in [0.717, 1.165) is 5.56 Å². The number of carbonyl (C=O) groups excluding carboxylic acids is 2. The van der Waals surface area contributed by atoms with Crippen molar-refractivity contribution < 1.29 is 14.3 Å². The van der Waals surface area contributed by atoms with E-state index in [9.17, 15) is 9.59 Å². The van der Waals surface area contributed by atoms with E-state index >= 15 is 0 Å². The predicted octanol–water partition coefficient (Wildman–Crippen LogP) is 0.264. The van der Waals surface area contributed by atoms with Gasteiger partial charge in [0.1, 0.15) is 6.04 Å². The summed E-state index contributed by atoms with van der Waals surface area (Å²) in [6.45, 7) is 3.61. The molecular formula is C17H28Cl2N4O3. The molecular weight excluding hydrogens is 379 g/mol. The summed E-state index contributed by atoms with van der Waals surface area (Å²) in [6, 6.07) is 9.19. The average Bonchev–Trinajstić information content (AvgIpc) is 2.61. The van der Waals surface area contributed by atoms with Gasteiger partial charge in [0, 0.05) is 39.8 Å². The highest BCUT2D eigenvalue weighted by Crippen LogP contribution is 2.04. The summed E-state index contributed by atoms with van der Waals surface area (Å²) in [4.78, 5) is 27.9. The highest BCUT2D eigenvalue weighted by atomic mass is 35.5. The Morgan fingerprint density at radius 1 is 1.15 bits per heavy atom. The lowest BCUT2D eigenvalue weighted by atomic mass is 10.2. The van der Waals surface area contributed by atoms with E-state index in [1.807, 2.05) is 35.2 Å². The highest BCUT2D eigenvalue weighted by Gasteiger charge is 2.25. The van der Waals surface area contributed by atoms with Crippen molar-refractivity contribution in [3.05, 3.63) is 35.9 Å². The third-order valence-corrected chi connectivity index (χ3v) is 4.05. The summed E-state index contributed by atoms with van der Waals surface area (Å²) < 4.78 is 4.92. The monoisotopic (exact) mass is 406 g/mol. The predicted molar refractivity (Wildman–Crippen MR) is 106 cm³/mol. The van der Waals surface area contributed by atoms with Crippen molar-refractivity contribution in [1.82, 2.24) is 15.1 Å². The van der Waals surface area contributed by atoms with Gasteiger partial charge in [-0.2, -0.15) is 0 Å². The molecule has 148 valence electrons.